The largest absolute Gasteiger partial charge is 0.457 e. The molecule has 0 fully saturated rings. The van der Waals surface area contributed by atoms with Crippen LogP contribution in [0.2, 0.25) is 0 Å². The minimum Gasteiger partial charge on any atom is -0.457 e. The van der Waals surface area contributed by atoms with E-state index in [4.69, 9.17) is 4.74 Å². The molecule has 0 amide bonds. The molecule has 3 heteroatoms. The van der Waals surface area contributed by atoms with Gasteiger partial charge in [-0.15, -0.1) is 0 Å². The number of ether oxygens (including phenoxy) is 1. The number of aryl methyl sites for hydroxylation is 1. The summed E-state index contributed by atoms with van der Waals surface area (Å²) in [6.07, 6.45) is 1.80. The second-order valence-corrected chi connectivity index (χ2v) is 4.77. The van der Waals surface area contributed by atoms with Crippen LogP contribution < -0.4 is 4.74 Å². The SMILES string of the molecule is Cc1cc(-c2ccc(Oc3ccc(F)cc3)cc2)ccn1. The molecule has 0 saturated heterocycles. The van der Waals surface area contributed by atoms with Crippen molar-refractivity contribution in [1.29, 1.82) is 0 Å². The number of benzene rings is 2. The molecule has 3 rings (SSSR count). The van der Waals surface area contributed by atoms with E-state index in [2.05, 4.69) is 4.98 Å². The van der Waals surface area contributed by atoms with E-state index < -0.39 is 0 Å². The summed E-state index contributed by atoms with van der Waals surface area (Å²) < 4.78 is 18.5. The number of pyridine rings is 1. The first-order chi connectivity index (χ1) is 10.2. The summed E-state index contributed by atoms with van der Waals surface area (Å²) in [5, 5.41) is 0. The van der Waals surface area contributed by atoms with Crippen LogP contribution in [0.5, 0.6) is 11.5 Å². The molecule has 0 atom stereocenters. The smallest absolute Gasteiger partial charge is 0.127 e. The summed E-state index contributed by atoms with van der Waals surface area (Å²) in [5.41, 5.74) is 3.21. The summed E-state index contributed by atoms with van der Waals surface area (Å²) in [5.74, 6) is 1.06. The molecule has 2 nitrogen and oxygen atoms in total. The highest BCUT2D eigenvalue weighted by atomic mass is 19.1. The van der Waals surface area contributed by atoms with Gasteiger partial charge >= 0.3 is 0 Å². The van der Waals surface area contributed by atoms with Crippen LogP contribution in [0.4, 0.5) is 4.39 Å². The summed E-state index contributed by atoms with van der Waals surface area (Å²) in [6.45, 7) is 1.97. The molecule has 0 saturated carbocycles. The van der Waals surface area contributed by atoms with Crippen LogP contribution >= 0.6 is 0 Å². The van der Waals surface area contributed by atoms with Gasteiger partial charge in [-0.2, -0.15) is 0 Å². The zero-order valence-electron chi connectivity index (χ0n) is 11.6. The Bertz CT molecular complexity index is 736. The van der Waals surface area contributed by atoms with Crippen molar-refractivity contribution in [2.24, 2.45) is 0 Å². The Balaban J connectivity index is 1.79. The molecular formula is C18H14FNO. The number of aromatic nitrogens is 1. The van der Waals surface area contributed by atoms with Crippen LogP contribution in [-0.2, 0) is 0 Å². The van der Waals surface area contributed by atoms with Crippen LogP contribution in [0.15, 0.2) is 66.9 Å². The lowest BCUT2D eigenvalue weighted by Crippen LogP contribution is -1.86. The molecule has 0 radical (unpaired) electrons. The van der Waals surface area contributed by atoms with E-state index in [1.54, 1.807) is 18.3 Å². The summed E-state index contributed by atoms with van der Waals surface area (Å²) >= 11 is 0. The molecule has 0 N–H and O–H groups in total. The van der Waals surface area contributed by atoms with Gasteiger partial charge in [0.1, 0.15) is 17.3 Å². The number of nitrogens with zero attached hydrogens (tertiary/aromatic N) is 1. The maximum atomic E-state index is 12.8. The fourth-order valence-electron chi connectivity index (χ4n) is 2.08. The number of rotatable bonds is 3. The van der Waals surface area contributed by atoms with Gasteiger partial charge in [-0.1, -0.05) is 12.1 Å². The van der Waals surface area contributed by atoms with Gasteiger partial charge in [-0.25, -0.2) is 4.39 Å². The van der Waals surface area contributed by atoms with Crippen molar-refractivity contribution in [1.82, 2.24) is 4.98 Å². The molecule has 104 valence electrons. The Labute approximate surface area is 122 Å². The van der Waals surface area contributed by atoms with Crippen LogP contribution in [0.3, 0.4) is 0 Å². The molecule has 1 heterocycles. The van der Waals surface area contributed by atoms with Gasteiger partial charge in [0.25, 0.3) is 0 Å². The zero-order chi connectivity index (χ0) is 14.7. The molecule has 0 aliphatic heterocycles. The maximum Gasteiger partial charge on any atom is 0.127 e. The second-order valence-electron chi connectivity index (χ2n) is 4.77. The summed E-state index contributed by atoms with van der Waals surface area (Å²) in [7, 11) is 0. The van der Waals surface area contributed by atoms with E-state index in [0.29, 0.717) is 5.75 Å². The monoisotopic (exact) mass is 279 g/mol. The van der Waals surface area contributed by atoms with E-state index in [9.17, 15) is 4.39 Å². The lowest BCUT2D eigenvalue weighted by atomic mass is 10.1. The molecule has 0 unspecified atom stereocenters. The van der Waals surface area contributed by atoms with Crippen LogP contribution in [0.1, 0.15) is 5.69 Å². The third kappa shape index (κ3) is 3.26. The number of hydrogen-bond acceptors (Lipinski definition) is 2. The van der Waals surface area contributed by atoms with Gasteiger partial charge < -0.3 is 4.74 Å². The molecule has 1 aromatic heterocycles. The first-order valence-corrected chi connectivity index (χ1v) is 6.67. The second kappa shape index (κ2) is 5.75. The molecule has 21 heavy (non-hydrogen) atoms. The van der Waals surface area contributed by atoms with E-state index in [-0.39, 0.29) is 5.82 Å². The Morgan fingerprint density at radius 2 is 1.43 bits per heavy atom. The molecule has 0 bridgehead atoms. The van der Waals surface area contributed by atoms with Crippen molar-refractivity contribution in [3.8, 4) is 22.6 Å². The van der Waals surface area contributed by atoms with E-state index >= 15 is 0 Å². The van der Waals surface area contributed by atoms with Crippen molar-refractivity contribution in [2.45, 2.75) is 6.92 Å². The van der Waals surface area contributed by atoms with E-state index in [0.717, 1.165) is 22.6 Å². The Morgan fingerprint density at radius 3 is 2.05 bits per heavy atom. The fourth-order valence-corrected chi connectivity index (χ4v) is 2.08. The normalized spacial score (nSPS) is 10.4. The van der Waals surface area contributed by atoms with Crippen molar-refractivity contribution < 1.29 is 9.13 Å². The average Bonchev–Trinajstić information content (AvgIpc) is 2.50. The number of hydrogen-bond donors (Lipinski definition) is 0. The third-order valence-electron chi connectivity index (χ3n) is 3.13. The highest BCUT2D eigenvalue weighted by molar-refractivity contribution is 5.64. The molecule has 2 aromatic carbocycles. The summed E-state index contributed by atoms with van der Waals surface area (Å²) in [6, 6.07) is 17.8. The maximum absolute atomic E-state index is 12.8. The zero-order valence-corrected chi connectivity index (χ0v) is 11.6. The van der Waals surface area contributed by atoms with Gasteiger partial charge in [0.05, 0.1) is 0 Å². The predicted octanol–water partition coefficient (Wildman–Crippen LogP) is 4.99. The topological polar surface area (TPSA) is 22.1 Å². The summed E-state index contributed by atoms with van der Waals surface area (Å²) in [4.78, 5) is 4.19. The molecule has 3 aromatic rings. The average molecular weight is 279 g/mol. The Morgan fingerprint density at radius 1 is 0.810 bits per heavy atom. The van der Waals surface area contributed by atoms with Crippen LogP contribution in [0, 0.1) is 12.7 Å². The van der Waals surface area contributed by atoms with E-state index in [1.165, 1.54) is 12.1 Å². The van der Waals surface area contributed by atoms with Gasteiger partial charge in [0.2, 0.25) is 0 Å². The highest BCUT2D eigenvalue weighted by Crippen LogP contribution is 2.26. The molecule has 0 aliphatic rings. The first-order valence-electron chi connectivity index (χ1n) is 6.67. The highest BCUT2D eigenvalue weighted by Gasteiger charge is 2.01. The Kier molecular flexibility index (Phi) is 3.65. The lowest BCUT2D eigenvalue weighted by Gasteiger charge is -2.07. The minimum atomic E-state index is -0.272. The van der Waals surface area contributed by atoms with Crippen molar-refractivity contribution in [3.05, 3.63) is 78.4 Å². The molecular weight excluding hydrogens is 265 g/mol. The quantitative estimate of drug-likeness (QED) is 0.674. The molecule has 0 spiro atoms. The van der Waals surface area contributed by atoms with Gasteiger partial charge in [-0.3, -0.25) is 4.98 Å². The van der Waals surface area contributed by atoms with Gasteiger partial charge in [0, 0.05) is 11.9 Å². The third-order valence-corrected chi connectivity index (χ3v) is 3.13. The van der Waals surface area contributed by atoms with Crippen LogP contribution in [-0.4, -0.2) is 4.98 Å². The number of halogens is 1. The fraction of sp³-hybridized carbons (Fsp3) is 0.0556. The Hall–Kier alpha value is -2.68. The van der Waals surface area contributed by atoms with Gasteiger partial charge in [0.15, 0.2) is 0 Å². The van der Waals surface area contributed by atoms with Gasteiger partial charge in [-0.05, 0) is 66.6 Å². The predicted molar refractivity (Wildman–Crippen MR) is 80.9 cm³/mol. The van der Waals surface area contributed by atoms with Crippen molar-refractivity contribution in [2.75, 3.05) is 0 Å². The lowest BCUT2D eigenvalue weighted by molar-refractivity contribution is 0.480. The first kappa shape index (κ1) is 13.3. The molecule has 0 aliphatic carbocycles. The minimum absolute atomic E-state index is 0.272. The van der Waals surface area contributed by atoms with Crippen molar-refractivity contribution in [3.63, 3.8) is 0 Å². The van der Waals surface area contributed by atoms with E-state index in [1.807, 2.05) is 43.3 Å². The standard InChI is InChI=1S/C18H14FNO/c1-13-12-15(10-11-20-13)14-2-6-17(7-3-14)21-18-8-4-16(19)5-9-18/h2-12H,1H3. The van der Waals surface area contributed by atoms with Crippen molar-refractivity contribution >= 4 is 0 Å². The van der Waals surface area contributed by atoms with Crippen LogP contribution in [0.25, 0.3) is 11.1 Å².